The van der Waals surface area contributed by atoms with Crippen molar-refractivity contribution < 1.29 is 4.39 Å². The van der Waals surface area contributed by atoms with Gasteiger partial charge in [-0.25, -0.2) is 14.4 Å². The molecule has 0 aliphatic rings. The van der Waals surface area contributed by atoms with Gasteiger partial charge in [0.05, 0.1) is 0 Å². The fourth-order valence-electron chi connectivity index (χ4n) is 2.07. The van der Waals surface area contributed by atoms with Crippen LogP contribution in [0, 0.1) is 5.82 Å². The first-order valence-corrected chi connectivity index (χ1v) is 7.44. The monoisotopic (exact) mass is 287 g/mol. The molecule has 0 fully saturated rings. The van der Waals surface area contributed by atoms with Crippen LogP contribution >= 0.6 is 0 Å². The van der Waals surface area contributed by atoms with Crippen LogP contribution in [0.5, 0.6) is 0 Å². The Morgan fingerprint density at radius 1 is 1.19 bits per heavy atom. The van der Waals surface area contributed by atoms with Gasteiger partial charge < -0.3 is 5.32 Å². The first-order valence-electron chi connectivity index (χ1n) is 7.44. The molecule has 0 atom stereocenters. The highest BCUT2D eigenvalue weighted by atomic mass is 19.1. The van der Waals surface area contributed by atoms with Gasteiger partial charge >= 0.3 is 0 Å². The van der Waals surface area contributed by atoms with E-state index in [1.54, 1.807) is 6.07 Å². The van der Waals surface area contributed by atoms with Crippen molar-refractivity contribution >= 4 is 5.82 Å². The van der Waals surface area contributed by atoms with Gasteiger partial charge in [0.1, 0.15) is 17.5 Å². The van der Waals surface area contributed by atoms with Crippen molar-refractivity contribution in [2.45, 2.75) is 39.5 Å². The molecule has 0 unspecified atom stereocenters. The van der Waals surface area contributed by atoms with Crippen molar-refractivity contribution in [2.24, 2.45) is 0 Å². The molecule has 1 heterocycles. The molecule has 0 saturated carbocycles. The van der Waals surface area contributed by atoms with E-state index < -0.39 is 0 Å². The number of nitrogens with zero attached hydrogens (tertiary/aromatic N) is 2. The minimum Gasteiger partial charge on any atom is -0.370 e. The summed E-state index contributed by atoms with van der Waals surface area (Å²) in [6.45, 7) is 7.22. The van der Waals surface area contributed by atoms with Crippen LogP contribution in [-0.2, 0) is 6.42 Å². The summed E-state index contributed by atoms with van der Waals surface area (Å²) in [6.07, 6.45) is 1.58. The molecule has 21 heavy (non-hydrogen) atoms. The lowest BCUT2D eigenvalue weighted by molar-refractivity contribution is 0.625. The zero-order valence-electron chi connectivity index (χ0n) is 12.9. The molecule has 2 aromatic rings. The molecule has 112 valence electrons. The molecule has 0 saturated heterocycles. The zero-order chi connectivity index (χ0) is 15.2. The van der Waals surface area contributed by atoms with Crippen LogP contribution in [0.4, 0.5) is 10.2 Å². The van der Waals surface area contributed by atoms with Crippen molar-refractivity contribution in [1.29, 1.82) is 0 Å². The quantitative estimate of drug-likeness (QED) is 0.867. The number of hydrogen-bond donors (Lipinski definition) is 1. The third-order valence-electron chi connectivity index (χ3n) is 3.19. The highest BCUT2D eigenvalue weighted by molar-refractivity contribution is 5.37. The summed E-state index contributed by atoms with van der Waals surface area (Å²) >= 11 is 0. The Labute approximate surface area is 125 Å². The first-order chi connectivity index (χ1) is 10.1. The van der Waals surface area contributed by atoms with Crippen LogP contribution in [0.2, 0.25) is 0 Å². The molecule has 0 aliphatic heterocycles. The maximum absolute atomic E-state index is 13.3. The fourth-order valence-corrected chi connectivity index (χ4v) is 2.07. The average Bonchev–Trinajstić information content (AvgIpc) is 2.45. The summed E-state index contributed by atoms with van der Waals surface area (Å²) in [5.74, 6) is 1.69. The maximum atomic E-state index is 13.3. The minimum absolute atomic E-state index is 0.225. The van der Waals surface area contributed by atoms with E-state index >= 15 is 0 Å². The second-order valence-corrected chi connectivity index (χ2v) is 5.48. The summed E-state index contributed by atoms with van der Waals surface area (Å²) in [7, 11) is 0. The van der Waals surface area contributed by atoms with E-state index in [9.17, 15) is 4.39 Å². The molecule has 1 aromatic heterocycles. The number of aromatic nitrogens is 2. The number of benzene rings is 1. The molecule has 1 aromatic carbocycles. The Kier molecular flexibility index (Phi) is 5.26. The lowest BCUT2D eigenvalue weighted by Gasteiger charge is -2.11. The van der Waals surface area contributed by atoms with Gasteiger partial charge in [-0.3, -0.25) is 0 Å². The van der Waals surface area contributed by atoms with E-state index in [-0.39, 0.29) is 5.82 Å². The van der Waals surface area contributed by atoms with Crippen LogP contribution in [0.25, 0.3) is 0 Å². The summed E-state index contributed by atoms with van der Waals surface area (Å²) in [5, 5.41) is 3.30. The van der Waals surface area contributed by atoms with Gasteiger partial charge in [0.25, 0.3) is 0 Å². The maximum Gasteiger partial charge on any atom is 0.135 e. The van der Waals surface area contributed by atoms with Crippen LogP contribution in [0.3, 0.4) is 0 Å². The van der Waals surface area contributed by atoms with E-state index in [0.29, 0.717) is 12.3 Å². The summed E-state index contributed by atoms with van der Waals surface area (Å²) in [4.78, 5) is 9.13. The fraction of sp³-hybridized carbons (Fsp3) is 0.412. The molecular weight excluding hydrogens is 265 g/mol. The molecule has 0 aliphatic carbocycles. The molecule has 4 heteroatoms. The van der Waals surface area contributed by atoms with Crippen molar-refractivity contribution in [3.8, 4) is 0 Å². The normalized spacial score (nSPS) is 10.9. The topological polar surface area (TPSA) is 37.8 Å². The van der Waals surface area contributed by atoms with E-state index in [4.69, 9.17) is 0 Å². The number of halogens is 1. The molecule has 0 amide bonds. The van der Waals surface area contributed by atoms with E-state index in [1.165, 1.54) is 12.1 Å². The SMILES string of the molecule is CCCNc1cc(C(C)C)nc(Cc2cccc(F)c2)n1. The summed E-state index contributed by atoms with van der Waals surface area (Å²) in [5.41, 5.74) is 1.90. The highest BCUT2D eigenvalue weighted by Crippen LogP contribution is 2.17. The molecule has 0 radical (unpaired) electrons. The summed E-state index contributed by atoms with van der Waals surface area (Å²) in [6, 6.07) is 8.59. The standard InChI is InChI=1S/C17H22FN3/c1-4-8-19-16-11-15(12(2)3)20-17(21-16)10-13-6-5-7-14(18)9-13/h5-7,9,11-12H,4,8,10H2,1-3H3,(H,19,20,21). The first kappa shape index (κ1) is 15.4. The predicted molar refractivity (Wildman–Crippen MR) is 84.1 cm³/mol. The molecule has 2 rings (SSSR count). The highest BCUT2D eigenvalue weighted by Gasteiger charge is 2.08. The van der Waals surface area contributed by atoms with E-state index in [2.05, 4.69) is 36.1 Å². The third-order valence-corrected chi connectivity index (χ3v) is 3.19. The lowest BCUT2D eigenvalue weighted by Crippen LogP contribution is -2.08. The van der Waals surface area contributed by atoms with Crippen molar-refractivity contribution in [3.63, 3.8) is 0 Å². The van der Waals surface area contributed by atoms with E-state index in [1.807, 2.05) is 12.1 Å². The van der Waals surface area contributed by atoms with E-state index in [0.717, 1.165) is 35.9 Å². The van der Waals surface area contributed by atoms with Crippen LogP contribution in [-0.4, -0.2) is 16.5 Å². The molecule has 3 nitrogen and oxygen atoms in total. The number of hydrogen-bond acceptors (Lipinski definition) is 3. The van der Waals surface area contributed by atoms with Gasteiger partial charge in [-0.2, -0.15) is 0 Å². The largest absolute Gasteiger partial charge is 0.370 e. The summed E-state index contributed by atoms with van der Waals surface area (Å²) < 4.78 is 13.3. The Hall–Kier alpha value is -1.97. The Morgan fingerprint density at radius 3 is 2.67 bits per heavy atom. The third kappa shape index (κ3) is 4.52. The Bertz CT molecular complexity index is 596. The molecule has 0 spiro atoms. The van der Waals surface area contributed by atoms with Crippen LogP contribution in [0.1, 0.15) is 50.2 Å². The van der Waals surface area contributed by atoms with Gasteiger partial charge in [-0.05, 0) is 30.0 Å². The second kappa shape index (κ2) is 7.16. The average molecular weight is 287 g/mol. The smallest absolute Gasteiger partial charge is 0.135 e. The molecule has 0 bridgehead atoms. The van der Waals surface area contributed by atoms with Gasteiger partial charge in [-0.15, -0.1) is 0 Å². The Morgan fingerprint density at radius 2 is 2.00 bits per heavy atom. The number of nitrogens with one attached hydrogen (secondary N) is 1. The van der Waals surface area contributed by atoms with Gasteiger partial charge in [0.2, 0.25) is 0 Å². The van der Waals surface area contributed by atoms with Crippen molar-refractivity contribution in [2.75, 3.05) is 11.9 Å². The number of rotatable bonds is 6. The van der Waals surface area contributed by atoms with Crippen molar-refractivity contribution in [3.05, 3.63) is 53.2 Å². The van der Waals surface area contributed by atoms with Crippen LogP contribution < -0.4 is 5.32 Å². The zero-order valence-corrected chi connectivity index (χ0v) is 12.9. The predicted octanol–water partition coefficient (Wildman–Crippen LogP) is 4.15. The van der Waals surface area contributed by atoms with Crippen LogP contribution in [0.15, 0.2) is 30.3 Å². The van der Waals surface area contributed by atoms with Gasteiger partial charge in [-0.1, -0.05) is 32.9 Å². The number of anilines is 1. The minimum atomic E-state index is -0.225. The molecular formula is C17H22FN3. The molecule has 1 N–H and O–H groups in total. The van der Waals surface area contributed by atoms with Gasteiger partial charge in [0.15, 0.2) is 0 Å². The van der Waals surface area contributed by atoms with Gasteiger partial charge in [0, 0.05) is 24.7 Å². The van der Waals surface area contributed by atoms with Crippen molar-refractivity contribution in [1.82, 2.24) is 9.97 Å². The second-order valence-electron chi connectivity index (χ2n) is 5.48. The lowest BCUT2D eigenvalue weighted by atomic mass is 10.1. The Balaban J connectivity index is 2.26.